The predicted molar refractivity (Wildman–Crippen MR) is 188 cm³/mol. The third-order valence-electron chi connectivity index (χ3n) is 7.52. The molecule has 3 N–H and O–H groups in total. The fourth-order valence-corrected chi connectivity index (χ4v) is 5.19. The summed E-state index contributed by atoms with van der Waals surface area (Å²) in [4.78, 5) is 0. The van der Waals surface area contributed by atoms with Gasteiger partial charge in [0.1, 0.15) is 5.82 Å². The Morgan fingerprint density at radius 3 is 2.25 bits per heavy atom. The summed E-state index contributed by atoms with van der Waals surface area (Å²) in [6, 6.07) is 33.9. The van der Waals surface area contributed by atoms with E-state index in [0.29, 0.717) is 11.7 Å². The first kappa shape index (κ1) is 32.7. The standard InChI is InChI=1S/C39H43FN3P/c1-28(2)29(3)38(43-30(4)42-37-23-21-36(40)22-24-37)26-34-16-10-15-32(25-34)12-9-8-11-31-17-19-35(20-18-31)39(44)41-27-33-13-6-5-7-14-33/h5-7,10,13-25,28,38-39,41-43H,3-4,8,11,26-27,44H2,1-2H3. The summed E-state index contributed by atoms with van der Waals surface area (Å²) < 4.78 is 13.3. The molecule has 5 heteroatoms. The van der Waals surface area contributed by atoms with E-state index in [2.05, 4.69) is 137 Å². The molecule has 0 aromatic heterocycles. The van der Waals surface area contributed by atoms with Crippen molar-refractivity contribution < 1.29 is 4.39 Å². The predicted octanol–water partition coefficient (Wildman–Crippen LogP) is 8.77. The molecule has 3 unspecified atom stereocenters. The topological polar surface area (TPSA) is 36.1 Å². The zero-order chi connectivity index (χ0) is 31.3. The van der Waals surface area contributed by atoms with Gasteiger partial charge < -0.3 is 16.0 Å². The first-order valence-corrected chi connectivity index (χ1v) is 15.8. The van der Waals surface area contributed by atoms with Crippen molar-refractivity contribution in [2.45, 2.75) is 51.5 Å². The Labute approximate surface area is 265 Å². The molecule has 44 heavy (non-hydrogen) atoms. The molecular formula is C39H43FN3P. The number of halogens is 1. The normalized spacial score (nSPS) is 12.1. The first-order chi connectivity index (χ1) is 21.3. The van der Waals surface area contributed by atoms with Gasteiger partial charge in [-0.3, -0.25) is 0 Å². The summed E-state index contributed by atoms with van der Waals surface area (Å²) in [7, 11) is 2.90. The number of hydrogen-bond acceptors (Lipinski definition) is 3. The van der Waals surface area contributed by atoms with Crippen LogP contribution in [0.3, 0.4) is 0 Å². The van der Waals surface area contributed by atoms with Crippen LogP contribution in [0, 0.1) is 23.6 Å². The molecule has 0 heterocycles. The SMILES string of the molecule is C=C(Nc1ccc(F)cc1)NC(Cc1cccc(C#CCCc2ccc(C(P)NCc3ccccc3)cc2)c1)C(=C)C(C)C. The van der Waals surface area contributed by atoms with E-state index in [1.165, 1.54) is 34.4 Å². The third-order valence-corrected chi connectivity index (χ3v) is 8.14. The van der Waals surface area contributed by atoms with Crippen LogP contribution in [-0.2, 0) is 19.4 Å². The Hall–Kier alpha value is -4.16. The maximum absolute atomic E-state index is 13.3. The van der Waals surface area contributed by atoms with Crippen LogP contribution in [0.15, 0.2) is 128 Å². The van der Waals surface area contributed by atoms with Crippen molar-refractivity contribution in [3.8, 4) is 11.8 Å². The van der Waals surface area contributed by atoms with Crippen LogP contribution in [0.5, 0.6) is 0 Å². The average molecular weight is 604 g/mol. The second-order valence-corrected chi connectivity index (χ2v) is 12.0. The minimum absolute atomic E-state index is 0.0173. The van der Waals surface area contributed by atoms with Gasteiger partial charge in [-0.05, 0) is 77.4 Å². The van der Waals surface area contributed by atoms with E-state index in [0.717, 1.165) is 42.6 Å². The smallest absolute Gasteiger partial charge is 0.123 e. The van der Waals surface area contributed by atoms with Gasteiger partial charge in [0.2, 0.25) is 0 Å². The summed E-state index contributed by atoms with van der Waals surface area (Å²) in [5.74, 6) is 7.59. The molecule has 0 fully saturated rings. The molecule has 226 valence electrons. The lowest BCUT2D eigenvalue weighted by Crippen LogP contribution is -2.35. The van der Waals surface area contributed by atoms with E-state index in [-0.39, 0.29) is 17.6 Å². The summed E-state index contributed by atoms with van der Waals surface area (Å²) in [6.45, 7) is 13.6. The maximum atomic E-state index is 13.3. The maximum Gasteiger partial charge on any atom is 0.123 e. The second kappa shape index (κ2) is 16.6. The second-order valence-electron chi connectivity index (χ2n) is 11.3. The van der Waals surface area contributed by atoms with Gasteiger partial charge in [-0.25, -0.2) is 4.39 Å². The molecule has 0 amide bonds. The highest BCUT2D eigenvalue weighted by atomic mass is 31.0. The summed E-state index contributed by atoms with van der Waals surface area (Å²) in [5, 5.41) is 10.3. The highest BCUT2D eigenvalue weighted by molar-refractivity contribution is 7.17. The van der Waals surface area contributed by atoms with Crippen molar-refractivity contribution in [3.05, 3.63) is 161 Å². The lowest BCUT2D eigenvalue weighted by molar-refractivity contribution is 0.571. The Morgan fingerprint density at radius 1 is 0.841 bits per heavy atom. The van der Waals surface area contributed by atoms with Crippen LogP contribution in [0.1, 0.15) is 53.9 Å². The number of aryl methyl sites for hydroxylation is 1. The molecule has 4 rings (SSSR count). The summed E-state index contributed by atoms with van der Waals surface area (Å²) in [6.07, 6.45) is 2.46. The van der Waals surface area contributed by atoms with Gasteiger partial charge in [0.15, 0.2) is 0 Å². The van der Waals surface area contributed by atoms with Gasteiger partial charge in [-0.1, -0.05) is 111 Å². The van der Waals surface area contributed by atoms with Gasteiger partial charge in [0.25, 0.3) is 0 Å². The van der Waals surface area contributed by atoms with E-state index in [4.69, 9.17) is 0 Å². The molecule has 0 spiro atoms. The number of hydrogen-bond donors (Lipinski definition) is 3. The van der Waals surface area contributed by atoms with Crippen molar-refractivity contribution in [1.82, 2.24) is 10.6 Å². The van der Waals surface area contributed by atoms with Gasteiger partial charge in [0.05, 0.1) is 11.9 Å². The fourth-order valence-electron chi connectivity index (χ4n) is 4.85. The molecule has 3 atom stereocenters. The lowest BCUT2D eigenvalue weighted by atomic mass is 9.92. The van der Waals surface area contributed by atoms with Crippen molar-refractivity contribution in [1.29, 1.82) is 0 Å². The molecule has 0 aliphatic carbocycles. The largest absolute Gasteiger partial charge is 0.365 e. The number of nitrogens with one attached hydrogen (secondary N) is 3. The number of rotatable bonds is 14. The summed E-state index contributed by atoms with van der Waals surface area (Å²) in [5.41, 5.74) is 7.86. The van der Waals surface area contributed by atoms with E-state index < -0.39 is 0 Å². The first-order valence-electron chi connectivity index (χ1n) is 15.1. The zero-order valence-corrected chi connectivity index (χ0v) is 26.9. The molecular weight excluding hydrogens is 560 g/mol. The molecule has 4 aromatic rings. The highest BCUT2D eigenvalue weighted by Crippen LogP contribution is 2.22. The van der Waals surface area contributed by atoms with Crippen molar-refractivity contribution in [3.63, 3.8) is 0 Å². The number of benzene rings is 4. The molecule has 0 aliphatic rings. The van der Waals surface area contributed by atoms with E-state index >= 15 is 0 Å². The average Bonchev–Trinajstić information content (AvgIpc) is 3.03. The Morgan fingerprint density at radius 2 is 1.55 bits per heavy atom. The van der Waals surface area contributed by atoms with Crippen LogP contribution >= 0.6 is 9.24 Å². The zero-order valence-electron chi connectivity index (χ0n) is 25.7. The molecule has 0 saturated heterocycles. The Kier molecular flexibility index (Phi) is 12.4. The third kappa shape index (κ3) is 10.5. The van der Waals surface area contributed by atoms with Crippen LogP contribution < -0.4 is 16.0 Å². The molecule has 4 aromatic carbocycles. The lowest BCUT2D eigenvalue weighted by Gasteiger charge is -2.26. The van der Waals surface area contributed by atoms with Crippen LogP contribution in [0.4, 0.5) is 10.1 Å². The minimum Gasteiger partial charge on any atom is -0.365 e. The van der Waals surface area contributed by atoms with Gasteiger partial charge in [0, 0.05) is 30.0 Å². The Balaban J connectivity index is 1.29. The number of anilines is 1. The molecule has 0 saturated carbocycles. The van der Waals surface area contributed by atoms with E-state index in [1.54, 1.807) is 12.1 Å². The van der Waals surface area contributed by atoms with Crippen LogP contribution in [0.25, 0.3) is 0 Å². The minimum atomic E-state index is -0.269. The summed E-state index contributed by atoms with van der Waals surface area (Å²) >= 11 is 0. The van der Waals surface area contributed by atoms with E-state index in [9.17, 15) is 4.39 Å². The quantitative estimate of drug-likeness (QED) is 0.0766. The fraction of sp³-hybridized carbons (Fsp3) is 0.231. The molecule has 0 radical (unpaired) electrons. The van der Waals surface area contributed by atoms with Crippen LogP contribution in [-0.4, -0.2) is 6.04 Å². The van der Waals surface area contributed by atoms with Crippen molar-refractivity contribution in [2.75, 3.05) is 5.32 Å². The molecule has 3 nitrogen and oxygen atoms in total. The van der Waals surface area contributed by atoms with E-state index in [1.807, 2.05) is 6.07 Å². The Bertz CT molecular complexity index is 1570. The van der Waals surface area contributed by atoms with Gasteiger partial charge in [-0.2, -0.15) is 0 Å². The highest BCUT2D eigenvalue weighted by Gasteiger charge is 2.17. The van der Waals surface area contributed by atoms with Crippen LogP contribution in [0.2, 0.25) is 0 Å². The van der Waals surface area contributed by atoms with Crippen molar-refractivity contribution >= 4 is 14.9 Å². The van der Waals surface area contributed by atoms with Gasteiger partial charge >= 0.3 is 0 Å². The molecule has 0 aliphatic heterocycles. The van der Waals surface area contributed by atoms with Crippen molar-refractivity contribution in [2.24, 2.45) is 5.92 Å². The monoisotopic (exact) mass is 603 g/mol. The molecule has 0 bridgehead atoms. The van der Waals surface area contributed by atoms with Gasteiger partial charge in [-0.15, -0.1) is 9.24 Å².